The molecule has 0 heterocycles. The first-order valence-corrected chi connectivity index (χ1v) is 8.43. The van der Waals surface area contributed by atoms with Gasteiger partial charge in [-0.2, -0.15) is 0 Å². The summed E-state index contributed by atoms with van der Waals surface area (Å²) < 4.78 is 0. The minimum absolute atomic E-state index is 0.0146. The number of nitrogens with zero attached hydrogens (tertiary/aromatic N) is 1. The first-order valence-electron chi connectivity index (χ1n) is 8.43. The van der Waals surface area contributed by atoms with Gasteiger partial charge in [-0.15, -0.1) is 0 Å². The molecule has 3 rings (SSSR count). The largest absolute Gasteiger partial charge is 0.337 e. The molecular formula is C18H29NO. The van der Waals surface area contributed by atoms with Crippen molar-refractivity contribution in [3.05, 3.63) is 12.2 Å². The van der Waals surface area contributed by atoms with Crippen molar-refractivity contribution in [3.8, 4) is 0 Å². The summed E-state index contributed by atoms with van der Waals surface area (Å²) in [5.41, 5.74) is -0.0146. The molecule has 0 aromatic rings. The Hall–Kier alpha value is -0.790. The number of rotatable bonds is 4. The quantitative estimate of drug-likeness (QED) is 0.710. The molecule has 20 heavy (non-hydrogen) atoms. The molecular weight excluding hydrogens is 246 g/mol. The molecule has 0 radical (unpaired) electrons. The fourth-order valence-corrected chi connectivity index (χ4v) is 3.74. The maximum Gasteiger partial charge on any atom is 0.226 e. The lowest BCUT2D eigenvalue weighted by Crippen LogP contribution is -2.47. The third-order valence-electron chi connectivity index (χ3n) is 5.31. The first kappa shape index (κ1) is 14.2. The maximum absolute atomic E-state index is 12.5. The molecule has 2 nitrogen and oxygen atoms in total. The van der Waals surface area contributed by atoms with E-state index in [0.29, 0.717) is 11.8 Å². The van der Waals surface area contributed by atoms with Crippen molar-refractivity contribution in [2.45, 2.75) is 64.8 Å². The summed E-state index contributed by atoms with van der Waals surface area (Å²) in [6.45, 7) is 7.57. The van der Waals surface area contributed by atoms with Crippen LogP contribution >= 0.6 is 0 Å². The highest BCUT2D eigenvalue weighted by Crippen LogP contribution is 2.49. The monoisotopic (exact) mass is 275 g/mol. The Bertz CT molecular complexity index is 402. The topological polar surface area (TPSA) is 20.3 Å². The summed E-state index contributed by atoms with van der Waals surface area (Å²) in [5, 5.41) is 0. The van der Waals surface area contributed by atoms with Crippen LogP contribution in [0.3, 0.4) is 0 Å². The Kier molecular flexibility index (Phi) is 3.68. The molecule has 0 aromatic carbocycles. The molecule has 0 aliphatic heterocycles. The number of hydrogen-bond acceptors (Lipinski definition) is 1. The molecule has 2 fully saturated rings. The molecule has 1 amide bonds. The normalized spacial score (nSPS) is 33.0. The molecule has 3 unspecified atom stereocenters. The number of carbonyl (C=O) groups excluding carboxylic acids is 1. The van der Waals surface area contributed by atoms with E-state index >= 15 is 0 Å². The van der Waals surface area contributed by atoms with E-state index in [0.717, 1.165) is 37.1 Å². The highest BCUT2D eigenvalue weighted by atomic mass is 16.2. The van der Waals surface area contributed by atoms with Gasteiger partial charge in [-0.25, -0.2) is 0 Å². The zero-order chi connectivity index (χ0) is 14.3. The van der Waals surface area contributed by atoms with Crippen LogP contribution in [-0.4, -0.2) is 22.9 Å². The van der Waals surface area contributed by atoms with Crippen molar-refractivity contribution in [1.82, 2.24) is 4.90 Å². The average molecular weight is 275 g/mol. The number of allylic oxidation sites excluding steroid dienone is 2. The maximum atomic E-state index is 12.5. The minimum atomic E-state index is -0.0146. The van der Waals surface area contributed by atoms with Crippen molar-refractivity contribution in [2.24, 2.45) is 23.7 Å². The predicted molar refractivity (Wildman–Crippen MR) is 82.3 cm³/mol. The second-order valence-corrected chi connectivity index (χ2v) is 8.10. The summed E-state index contributed by atoms with van der Waals surface area (Å²) in [6, 6.07) is 0. The summed E-state index contributed by atoms with van der Waals surface area (Å²) in [4.78, 5) is 14.7. The van der Waals surface area contributed by atoms with Crippen LogP contribution in [0.15, 0.2) is 12.2 Å². The van der Waals surface area contributed by atoms with Gasteiger partial charge < -0.3 is 4.90 Å². The van der Waals surface area contributed by atoms with Crippen molar-refractivity contribution < 1.29 is 4.79 Å². The molecule has 3 aliphatic rings. The van der Waals surface area contributed by atoms with E-state index in [1.807, 2.05) is 0 Å². The average Bonchev–Trinajstić information content (AvgIpc) is 3.27. The van der Waals surface area contributed by atoms with E-state index in [-0.39, 0.29) is 5.54 Å². The summed E-state index contributed by atoms with van der Waals surface area (Å²) in [6.07, 6.45) is 12.2. The van der Waals surface area contributed by atoms with Crippen LogP contribution in [0.4, 0.5) is 0 Å². The fourth-order valence-electron chi connectivity index (χ4n) is 3.74. The smallest absolute Gasteiger partial charge is 0.226 e. The number of carbonyl (C=O) groups is 1. The Labute approximate surface area is 123 Å². The zero-order valence-electron chi connectivity index (χ0n) is 13.3. The third-order valence-corrected chi connectivity index (χ3v) is 5.31. The van der Waals surface area contributed by atoms with Gasteiger partial charge in [0.1, 0.15) is 0 Å². The van der Waals surface area contributed by atoms with Crippen molar-refractivity contribution >= 4 is 5.91 Å². The van der Waals surface area contributed by atoms with E-state index in [1.165, 1.54) is 25.7 Å². The first-order chi connectivity index (χ1) is 9.47. The van der Waals surface area contributed by atoms with Crippen molar-refractivity contribution in [3.63, 3.8) is 0 Å². The second-order valence-electron chi connectivity index (χ2n) is 8.10. The van der Waals surface area contributed by atoms with E-state index in [9.17, 15) is 4.79 Å². The molecule has 112 valence electrons. The van der Waals surface area contributed by atoms with Gasteiger partial charge in [-0.3, -0.25) is 4.79 Å². The van der Waals surface area contributed by atoms with E-state index < -0.39 is 0 Å². The van der Waals surface area contributed by atoms with Gasteiger partial charge in [0.2, 0.25) is 5.91 Å². The van der Waals surface area contributed by atoms with Gasteiger partial charge in [0, 0.05) is 18.0 Å². The van der Waals surface area contributed by atoms with Gasteiger partial charge in [-0.1, -0.05) is 12.2 Å². The van der Waals surface area contributed by atoms with Crippen LogP contribution in [0.5, 0.6) is 0 Å². The van der Waals surface area contributed by atoms with Crippen molar-refractivity contribution in [2.75, 3.05) is 6.54 Å². The Morgan fingerprint density at radius 3 is 2.50 bits per heavy atom. The van der Waals surface area contributed by atoms with Gasteiger partial charge in [0.15, 0.2) is 0 Å². The molecule has 3 aliphatic carbocycles. The number of hydrogen-bond donors (Lipinski definition) is 0. The summed E-state index contributed by atoms with van der Waals surface area (Å²) >= 11 is 0. The SMILES string of the molecule is CC(C)(C)N(CC1CC1C1CC=CCC1)C(=O)C1CC1. The van der Waals surface area contributed by atoms with Gasteiger partial charge >= 0.3 is 0 Å². The van der Waals surface area contributed by atoms with Gasteiger partial charge in [0.25, 0.3) is 0 Å². The molecule has 0 bridgehead atoms. The lowest BCUT2D eigenvalue weighted by molar-refractivity contribution is -0.137. The molecule has 3 atom stereocenters. The van der Waals surface area contributed by atoms with Crippen LogP contribution < -0.4 is 0 Å². The molecule has 0 saturated heterocycles. The summed E-state index contributed by atoms with van der Waals surface area (Å²) in [5.74, 6) is 3.32. The Morgan fingerprint density at radius 1 is 1.20 bits per heavy atom. The fraction of sp³-hybridized carbons (Fsp3) is 0.833. The highest BCUT2D eigenvalue weighted by Gasteiger charge is 2.46. The van der Waals surface area contributed by atoms with Crippen LogP contribution in [0, 0.1) is 23.7 Å². The van der Waals surface area contributed by atoms with Crippen molar-refractivity contribution in [1.29, 1.82) is 0 Å². The highest BCUT2D eigenvalue weighted by molar-refractivity contribution is 5.81. The van der Waals surface area contributed by atoms with Crippen LogP contribution in [-0.2, 0) is 4.79 Å². The standard InChI is InChI=1S/C18H29NO/c1-18(2,3)19(17(20)14-9-10-14)12-15-11-16(15)13-7-5-4-6-8-13/h4-5,13-16H,6-12H2,1-3H3. The van der Waals surface area contributed by atoms with E-state index in [1.54, 1.807) is 0 Å². The number of amides is 1. The lowest BCUT2D eigenvalue weighted by Gasteiger charge is -2.36. The van der Waals surface area contributed by atoms with E-state index in [2.05, 4.69) is 37.8 Å². The second kappa shape index (κ2) is 5.20. The van der Waals surface area contributed by atoms with Gasteiger partial charge in [-0.05, 0) is 77.0 Å². The van der Waals surface area contributed by atoms with Gasteiger partial charge in [0.05, 0.1) is 0 Å². The molecule has 0 spiro atoms. The van der Waals surface area contributed by atoms with E-state index in [4.69, 9.17) is 0 Å². The predicted octanol–water partition coefficient (Wildman–Crippen LogP) is 4.02. The molecule has 2 heteroatoms. The zero-order valence-corrected chi connectivity index (χ0v) is 13.3. The van der Waals surface area contributed by atoms with Crippen LogP contribution in [0.2, 0.25) is 0 Å². The van der Waals surface area contributed by atoms with Crippen LogP contribution in [0.25, 0.3) is 0 Å². The van der Waals surface area contributed by atoms with Crippen LogP contribution in [0.1, 0.15) is 59.3 Å². The molecule has 2 saturated carbocycles. The Balaban J connectivity index is 1.57. The molecule has 0 aromatic heterocycles. The minimum Gasteiger partial charge on any atom is -0.337 e. The molecule has 0 N–H and O–H groups in total. The lowest BCUT2D eigenvalue weighted by atomic mass is 9.89. The Morgan fingerprint density at radius 2 is 1.95 bits per heavy atom. The summed E-state index contributed by atoms with van der Waals surface area (Å²) in [7, 11) is 0. The third kappa shape index (κ3) is 3.10.